The van der Waals surface area contributed by atoms with Crippen molar-refractivity contribution >= 4 is 15.9 Å². The van der Waals surface area contributed by atoms with Crippen LogP contribution in [0, 0.1) is 5.92 Å². The zero-order valence-electron chi connectivity index (χ0n) is 14.9. The van der Waals surface area contributed by atoms with E-state index in [-0.39, 0.29) is 41.5 Å². The van der Waals surface area contributed by atoms with Gasteiger partial charge in [0, 0.05) is 36.8 Å². The second-order valence-electron chi connectivity index (χ2n) is 7.49. The van der Waals surface area contributed by atoms with E-state index in [9.17, 15) is 13.2 Å². The van der Waals surface area contributed by atoms with E-state index < -0.39 is 10.0 Å². The lowest BCUT2D eigenvalue weighted by Crippen LogP contribution is -2.40. The molecule has 1 saturated heterocycles. The number of benzene rings is 1. The van der Waals surface area contributed by atoms with E-state index in [4.69, 9.17) is 10.8 Å². The van der Waals surface area contributed by atoms with Gasteiger partial charge in [-0.05, 0) is 57.4 Å². The maximum absolute atomic E-state index is 12.7. The quantitative estimate of drug-likeness (QED) is 0.701. The largest absolute Gasteiger partial charge is 0.396 e. The van der Waals surface area contributed by atoms with Gasteiger partial charge in [-0.2, -0.15) is 4.31 Å². The van der Waals surface area contributed by atoms with Crippen molar-refractivity contribution in [1.82, 2.24) is 9.62 Å². The van der Waals surface area contributed by atoms with E-state index in [1.165, 1.54) is 28.6 Å². The number of nitrogens with zero attached hydrogens (tertiary/aromatic N) is 1. The molecule has 0 saturated carbocycles. The van der Waals surface area contributed by atoms with Gasteiger partial charge in [0.2, 0.25) is 10.0 Å². The van der Waals surface area contributed by atoms with Gasteiger partial charge in [0.25, 0.3) is 5.91 Å². The van der Waals surface area contributed by atoms with Gasteiger partial charge < -0.3 is 16.2 Å². The standard InChI is InChI=1S/C17H27N3O4S/c1-17(2,3)19-16(22)12-4-6-14(7-5-12)25(23,24)20-10-13(8-9-21)15(18)11-20/h4-7,13,15,21H,8-11,18H2,1-3H3,(H,19,22)/t13-,15-/m1/s1. The fourth-order valence-corrected chi connectivity index (χ4v) is 4.40. The molecule has 140 valence electrons. The fourth-order valence-electron chi connectivity index (χ4n) is 2.86. The maximum Gasteiger partial charge on any atom is 0.251 e. The van der Waals surface area contributed by atoms with Gasteiger partial charge in [-0.3, -0.25) is 4.79 Å². The highest BCUT2D eigenvalue weighted by molar-refractivity contribution is 7.89. The molecule has 8 heteroatoms. The van der Waals surface area contributed by atoms with Crippen molar-refractivity contribution in [3.05, 3.63) is 29.8 Å². The van der Waals surface area contributed by atoms with Gasteiger partial charge in [0.1, 0.15) is 0 Å². The number of aliphatic hydroxyl groups excluding tert-OH is 1. The molecule has 0 aromatic heterocycles. The van der Waals surface area contributed by atoms with Crippen LogP contribution in [0.2, 0.25) is 0 Å². The Morgan fingerprint density at radius 3 is 2.40 bits per heavy atom. The summed E-state index contributed by atoms with van der Waals surface area (Å²) in [5.41, 5.74) is 6.02. The molecule has 0 unspecified atom stereocenters. The lowest BCUT2D eigenvalue weighted by atomic mass is 10.0. The van der Waals surface area contributed by atoms with E-state index in [1.54, 1.807) is 0 Å². The second kappa shape index (κ2) is 7.41. The summed E-state index contributed by atoms with van der Waals surface area (Å²) in [5, 5.41) is 11.9. The minimum atomic E-state index is -3.66. The lowest BCUT2D eigenvalue weighted by molar-refractivity contribution is 0.0919. The molecule has 0 spiro atoms. The molecular weight excluding hydrogens is 342 g/mol. The van der Waals surface area contributed by atoms with Crippen molar-refractivity contribution in [2.24, 2.45) is 11.7 Å². The summed E-state index contributed by atoms with van der Waals surface area (Å²) in [6, 6.07) is 5.62. The van der Waals surface area contributed by atoms with Gasteiger partial charge in [-0.25, -0.2) is 8.42 Å². The maximum atomic E-state index is 12.7. The van der Waals surface area contributed by atoms with Crippen LogP contribution in [-0.4, -0.2) is 55.0 Å². The molecule has 1 fully saturated rings. The van der Waals surface area contributed by atoms with Crippen LogP contribution >= 0.6 is 0 Å². The Balaban J connectivity index is 2.14. The highest BCUT2D eigenvalue weighted by Crippen LogP contribution is 2.25. The van der Waals surface area contributed by atoms with Crippen molar-refractivity contribution < 1.29 is 18.3 Å². The van der Waals surface area contributed by atoms with Crippen molar-refractivity contribution in [1.29, 1.82) is 0 Å². The third-order valence-electron chi connectivity index (χ3n) is 4.20. The van der Waals surface area contributed by atoms with Crippen LogP contribution in [0.4, 0.5) is 0 Å². The van der Waals surface area contributed by atoms with Crippen LogP contribution in [0.15, 0.2) is 29.2 Å². The number of aliphatic hydroxyl groups is 1. The molecule has 0 aliphatic carbocycles. The van der Waals surface area contributed by atoms with Crippen molar-refractivity contribution in [3.8, 4) is 0 Å². The number of carbonyl (C=O) groups is 1. The molecule has 1 aromatic carbocycles. The number of carbonyl (C=O) groups excluding carboxylic acids is 1. The average Bonchev–Trinajstić information content (AvgIpc) is 2.88. The first-order valence-corrected chi connectivity index (χ1v) is 9.78. The highest BCUT2D eigenvalue weighted by Gasteiger charge is 2.37. The first-order valence-electron chi connectivity index (χ1n) is 8.34. The third kappa shape index (κ3) is 4.78. The molecule has 7 nitrogen and oxygen atoms in total. The van der Waals surface area contributed by atoms with Gasteiger partial charge in [0.05, 0.1) is 4.90 Å². The first-order chi connectivity index (χ1) is 11.5. The molecule has 1 aliphatic rings. The van der Waals surface area contributed by atoms with Crippen molar-refractivity contribution in [2.75, 3.05) is 19.7 Å². The first kappa shape index (κ1) is 19.8. The summed E-state index contributed by atoms with van der Waals surface area (Å²) < 4.78 is 26.8. The molecule has 2 rings (SSSR count). The molecular formula is C17H27N3O4S. The van der Waals surface area contributed by atoms with Gasteiger partial charge in [-0.15, -0.1) is 0 Å². The molecule has 1 heterocycles. The van der Waals surface area contributed by atoms with Crippen LogP contribution in [0.5, 0.6) is 0 Å². The number of amides is 1. The van der Waals surface area contributed by atoms with Crippen LogP contribution < -0.4 is 11.1 Å². The number of hydrogen-bond donors (Lipinski definition) is 3. The van der Waals surface area contributed by atoms with Crippen molar-refractivity contribution in [3.63, 3.8) is 0 Å². The molecule has 25 heavy (non-hydrogen) atoms. The molecule has 1 aliphatic heterocycles. The monoisotopic (exact) mass is 369 g/mol. The Morgan fingerprint density at radius 2 is 1.88 bits per heavy atom. The van der Waals surface area contributed by atoms with Crippen LogP contribution in [0.25, 0.3) is 0 Å². The number of nitrogens with two attached hydrogens (primary N) is 1. The summed E-state index contributed by atoms with van der Waals surface area (Å²) in [4.78, 5) is 12.3. The van der Waals surface area contributed by atoms with Crippen LogP contribution in [0.3, 0.4) is 0 Å². The van der Waals surface area contributed by atoms with Crippen LogP contribution in [-0.2, 0) is 10.0 Å². The van der Waals surface area contributed by atoms with E-state index in [2.05, 4.69) is 5.32 Å². The second-order valence-corrected chi connectivity index (χ2v) is 9.42. The molecule has 0 radical (unpaired) electrons. The predicted molar refractivity (Wildman–Crippen MR) is 95.6 cm³/mol. The van der Waals surface area contributed by atoms with Gasteiger partial charge in [-0.1, -0.05) is 0 Å². The normalized spacial score (nSPS) is 22.1. The van der Waals surface area contributed by atoms with E-state index in [0.717, 1.165) is 0 Å². The summed E-state index contributed by atoms with van der Waals surface area (Å²) in [5.74, 6) is -0.292. The zero-order chi connectivity index (χ0) is 18.8. The van der Waals surface area contributed by atoms with Crippen molar-refractivity contribution in [2.45, 2.75) is 43.7 Å². The molecule has 1 aromatic rings. The molecule has 0 bridgehead atoms. The SMILES string of the molecule is CC(C)(C)NC(=O)c1ccc(S(=O)(=O)N2C[C@@H](CCO)[C@H](N)C2)cc1. The molecule has 1 amide bonds. The zero-order valence-corrected chi connectivity index (χ0v) is 15.7. The molecule has 2 atom stereocenters. The number of rotatable bonds is 5. The Morgan fingerprint density at radius 1 is 1.28 bits per heavy atom. The lowest BCUT2D eigenvalue weighted by Gasteiger charge is -2.20. The topological polar surface area (TPSA) is 113 Å². The Kier molecular flexibility index (Phi) is 5.88. The molecule has 4 N–H and O–H groups in total. The van der Waals surface area contributed by atoms with Gasteiger partial charge in [0.15, 0.2) is 0 Å². The summed E-state index contributed by atoms with van der Waals surface area (Å²) in [7, 11) is -3.66. The Labute approximate surface area is 149 Å². The number of hydrogen-bond acceptors (Lipinski definition) is 5. The van der Waals surface area contributed by atoms with E-state index in [1.807, 2.05) is 20.8 Å². The summed E-state index contributed by atoms with van der Waals surface area (Å²) in [6.07, 6.45) is 0.485. The minimum Gasteiger partial charge on any atom is -0.396 e. The van der Waals surface area contributed by atoms with Crippen LogP contribution in [0.1, 0.15) is 37.6 Å². The predicted octanol–water partition coefficient (Wildman–Crippen LogP) is 0.545. The van der Waals surface area contributed by atoms with Gasteiger partial charge >= 0.3 is 0 Å². The fraction of sp³-hybridized carbons (Fsp3) is 0.588. The summed E-state index contributed by atoms with van der Waals surface area (Å²) >= 11 is 0. The smallest absolute Gasteiger partial charge is 0.251 e. The van der Waals surface area contributed by atoms with E-state index in [0.29, 0.717) is 18.5 Å². The Bertz CT molecular complexity index is 710. The Hall–Kier alpha value is -1.48. The third-order valence-corrected chi connectivity index (χ3v) is 6.05. The number of sulfonamides is 1. The summed E-state index contributed by atoms with van der Waals surface area (Å²) in [6.45, 7) is 6.16. The highest BCUT2D eigenvalue weighted by atomic mass is 32.2. The van der Waals surface area contributed by atoms with E-state index >= 15 is 0 Å². The number of nitrogens with one attached hydrogen (secondary N) is 1. The minimum absolute atomic E-state index is 0.0101. The average molecular weight is 369 g/mol.